The molecule has 0 saturated carbocycles. The van der Waals surface area contributed by atoms with Crippen molar-refractivity contribution in [2.45, 2.75) is 19.9 Å². The van der Waals surface area contributed by atoms with Gasteiger partial charge in [0.15, 0.2) is 5.65 Å². The molecule has 1 N–H and O–H groups in total. The number of esters is 1. The van der Waals surface area contributed by atoms with Crippen LogP contribution in [0.15, 0.2) is 12.3 Å². The predicted molar refractivity (Wildman–Crippen MR) is 68.3 cm³/mol. The molecule has 96 valence electrons. The van der Waals surface area contributed by atoms with E-state index in [0.717, 1.165) is 22.4 Å². The van der Waals surface area contributed by atoms with Crippen molar-refractivity contribution in [3.05, 3.63) is 18.0 Å². The lowest BCUT2D eigenvalue weighted by molar-refractivity contribution is -0.141. The Bertz CT molecular complexity index is 591. The van der Waals surface area contributed by atoms with Gasteiger partial charge in [-0.25, -0.2) is 9.78 Å². The zero-order chi connectivity index (χ0) is 13.3. The van der Waals surface area contributed by atoms with Crippen LogP contribution in [0.1, 0.15) is 12.6 Å². The standard InChI is InChI=1S/C12H16N4O2/c1-7-10-5-9(14-8(2)12(17)18-4)6-13-11(10)16(3)15-7/h5-6,8,14H,1-4H3. The highest BCUT2D eigenvalue weighted by Gasteiger charge is 2.14. The molecule has 0 saturated heterocycles. The summed E-state index contributed by atoms with van der Waals surface area (Å²) in [5, 5.41) is 8.32. The van der Waals surface area contributed by atoms with E-state index in [0.29, 0.717) is 0 Å². The summed E-state index contributed by atoms with van der Waals surface area (Å²) in [7, 11) is 3.22. The minimum absolute atomic E-state index is 0.307. The van der Waals surface area contributed by atoms with E-state index in [2.05, 4.69) is 20.1 Å². The van der Waals surface area contributed by atoms with Gasteiger partial charge in [0.05, 0.1) is 24.7 Å². The fourth-order valence-electron chi connectivity index (χ4n) is 1.87. The van der Waals surface area contributed by atoms with Gasteiger partial charge in [0, 0.05) is 12.4 Å². The average Bonchev–Trinajstić information content (AvgIpc) is 2.63. The van der Waals surface area contributed by atoms with E-state index in [1.165, 1.54) is 7.11 Å². The van der Waals surface area contributed by atoms with Gasteiger partial charge in [-0.2, -0.15) is 5.10 Å². The number of pyridine rings is 1. The number of ether oxygens (including phenoxy) is 1. The van der Waals surface area contributed by atoms with Crippen LogP contribution >= 0.6 is 0 Å². The first kappa shape index (κ1) is 12.3. The fourth-order valence-corrected chi connectivity index (χ4v) is 1.87. The summed E-state index contributed by atoms with van der Waals surface area (Å²) in [5.74, 6) is -0.307. The lowest BCUT2D eigenvalue weighted by Gasteiger charge is -2.12. The highest BCUT2D eigenvalue weighted by molar-refractivity contribution is 5.83. The molecule has 0 aromatic carbocycles. The number of hydrogen-bond acceptors (Lipinski definition) is 5. The molecule has 0 radical (unpaired) electrons. The van der Waals surface area contributed by atoms with E-state index in [4.69, 9.17) is 0 Å². The van der Waals surface area contributed by atoms with Gasteiger partial charge in [-0.05, 0) is 19.9 Å². The van der Waals surface area contributed by atoms with Crippen LogP contribution in [0, 0.1) is 6.92 Å². The Hall–Kier alpha value is -2.11. The minimum atomic E-state index is -0.411. The van der Waals surface area contributed by atoms with Crippen LogP contribution in [0.5, 0.6) is 0 Å². The number of nitrogens with zero attached hydrogens (tertiary/aromatic N) is 3. The molecule has 6 heteroatoms. The van der Waals surface area contributed by atoms with Gasteiger partial charge < -0.3 is 10.1 Å². The number of fused-ring (bicyclic) bond motifs is 1. The maximum atomic E-state index is 11.3. The molecule has 1 unspecified atom stereocenters. The van der Waals surface area contributed by atoms with E-state index in [-0.39, 0.29) is 5.97 Å². The molecular formula is C12H16N4O2. The maximum Gasteiger partial charge on any atom is 0.327 e. The van der Waals surface area contributed by atoms with Crippen LogP contribution in [0.2, 0.25) is 0 Å². The quantitative estimate of drug-likeness (QED) is 0.828. The molecule has 0 fully saturated rings. The van der Waals surface area contributed by atoms with Crippen LogP contribution < -0.4 is 5.32 Å². The number of carbonyl (C=O) groups excluding carboxylic acids is 1. The molecule has 0 amide bonds. The van der Waals surface area contributed by atoms with E-state index >= 15 is 0 Å². The summed E-state index contributed by atoms with van der Waals surface area (Å²) in [6.07, 6.45) is 1.68. The van der Waals surface area contributed by atoms with Crippen molar-refractivity contribution in [3.8, 4) is 0 Å². The van der Waals surface area contributed by atoms with Crippen LogP contribution in [0.25, 0.3) is 11.0 Å². The second kappa shape index (κ2) is 4.64. The SMILES string of the molecule is COC(=O)C(C)Nc1cnc2c(c1)c(C)nn2C. The molecule has 18 heavy (non-hydrogen) atoms. The summed E-state index contributed by atoms with van der Waals surface area (Å²) in [4.78, 5) is 15.7. The molecule has 1 atom stereocenters. The number of hydrogen-bond donors (Lipinski definition) is 1. The first-order chi connectivity index (χ1) is 8.52. The number of aryl methyl sites for hydroxylation is 2. The van der Waals surface area contributed by atoms with Gasteiger partial charge in [-0.1, -0.05) is 0 Å². The van der Waals surface area contributed by atoms with Crippen molar-refractivity contribution < 1.29 is 9.53 Å². The fraction of sp³-hybridized carbons (Fsp3) is 0.417. The number of methoxy groups -OCH3 is 1. The topological polar surface area (TPSA) is 69.0 Å². The summed E-state index contributed by atoms with van der Waals surface area (Å²) in [6, 6.07) is 1.52. The minimum Gasteiger partial charge on any atom is -0.467 e. The van der Waals surface area contributed by atoms with Crippen LogP contribution in [0.3, 0.4) is 0 Å². The van der Waals surface area contributed by atoms with Gasteiger partial charge in [0.1, 0.15) is 6.04 Å². The maximum absolute atomic E-state index is 11.3. The monoisotopic (exact) mass is 248 g/mol. The number of rotatable bonds is 3. The van der Waals surface area contributed by atoms with Gasteiger partial charge in [-0.3, -0.25) is 4.68 Å². The third kappa shape index (κ3) is 2.13. The van der Waals surface area contributed by atoms with Crippen LogP contribution in [0.4, 0.5) is 5.69 Å². The predicted octanol–water partition coefficient (Wildman–Crippen LogP) is 1.25. The first-order valence-electron chi connectivity index (χ1n) is 5.66. The zero-order valence-electron chi connectivity index (χ0n) is 10.9. The molecule has 0 bridgehead atoms. The highest BCUT2D eigenvalue weighted by atomic mass is 16.5. The third-order valence-corrected chi connectivity index (χ3v) is 2.80. The van der Waals surface area contributed by atoms with Crippen molar-refractivity contribution in [2.75, 3.05) is 12.4 Å². The molecule has 0 aliphatic heterocycles. The van der Waals surface area contributed by atoms with E-state index in [1.807, 2.05) is 20.0 Å². The summed E-state index contributed by atoms with van der Waals surface area (Å²) < 4.78 is 6.40. The Balaban J connectivity index is 2.30. The Kier molecular flexibility index (Phi) is 3.18. The third-order valence-electron chi connectivity index (χ3n) is 2.80. The highest BCUT2D eigenvalue weighted by Crippen LogP contribution is 2.19. The zero-order valence-corrected chi connectivity index (χ0v) is 10.9. The molecule has 0 spiro atoms. The summed E-state index contributed by atoms with van der Waals surface area (Å²) >= 11 is 0. The Morgan fingerprint density at radius 2 is 2.28 bits per heavy atom. The molecule has 2 heterocycles. The Morgan fingerprint density at radius 1 is 1.56 bits per heavy atom. The van der Waals surface area contributed by atoms with E-state index in [9.17, 15) is 4.79 Å². The van der Waals surface area contributed by atoms with Gasteiger partial charge in [0.2, 0.25) is 0 Å². The van der Waals surface area contributed by atoms with Crippen molar-refractivity contribution in [1.82, 2.24) is 14.8 Å². The van der Waals surface area contributed by atoms with E-state index < -0.39 is 6.04 Å². The second-order valence-corrected chi connectivity index (χ2v) is 4.19. The number of aromatic nitrogens is 3. The largest absolute Gasteiger partial charge is 0.467 e. The average molecular weight is 248 g/mol. The lowest BCUT2D eigenvalue weighted by Crippen LogP contribution is -2.27. The molecule has 2 aromatic heterocycles. The molecular weight excluding hydrogens is 232 g/mol. The lowest BCUT2D eigenvalue weighted by atomic mass is 10.2. The van der Waals surface area contributed by atoms with Gasteiger partial charge in [-0.15, -0.1) is 0 Å². The van der Waals surface area contributed by atoms with Crippen molar-refractivity contribution >= 4 is 22.7 Å². The molecule has 0 aliphatic rings. The van der Waals surface area contributed by atoms with E-state index in [1.54, 1.807) is 17.8 Å². The molecule has 0 aliphatic carbocycles. The van der Waals surface area contributed by atoms with Crippen molar-refractivity contribution in [3.63, 3.8) is 0 Å². The molecule has 2 aromatic rings. The number of anilines is 1. The van der Waals surface area contributed by atoms with Gasteiger partial charge in [0.25, 0.3) is 0 Å². The Morgan fingerprint density at radius 3 is 2.94 bits per heavy atom. The smallest absolute Gasteiger partial charge is 0.327 e. The second-order valence-electron chi connectivity index (χ2n) is 4.19. The van der Waals surface area contributed by atoms with Crippen LogP contribution in [-0.4, -0.2) is 33.9 Å². The number of carbonyl (C=O) groups is 1. The number of nitrogens with one attached hydrogen (secondary N) is 1. The summed E-state index contributed by atoms with van der Waals surface area (Å²) in [6.45, 7) is 3.67. The van der Waals surface area contributed by atoms with Crippen LogP contribution in [-0.2, 0) is 16.6 Å². The summed E-state index contributed by atoms with van der Waals surface area (Å²) in [5.41, 5.74) is 2.51. The van der Waals surface area contributed by atoms with Gasteiger partial charge >= 0.3 is 5.97 Å². The Labute approximate surface area is 105 Å². The normalized spacial score (nSPS) is 12.4. The molecule has 6 nitrogen and oxygen atoms in total. The molecule has 2 rings (SSSR count). The van der Waals surface area contributed by atoms with Crippen molar-refractivity contribution in [1.29, 1.82) is 0 Å². The van der Waals surface area contributed by atoms with Crippen molar-refractivity contribution in [2.24, 2.45) is 7.05 Å². The first-order valence-corrected chi connectivity index (χ1v) is 5.66.